The molecule has 0 saturated heterocycles. The number of benzene rings is 2. The molecule has 0 spiro atoms. The van der Waals surface area contributed by atoms with Gasteiger partial charge in [-0.25, -0.2) is 8.78 Å². The topological polar surface area (TPSA) is 54.0 Å². The number of hydrogen-bond acceptors (Lipinski definition) is 5. The molecule has 2 heterocycles. The first-order valence-electron chi connectivity index (χ1n) is 11.3. The number of aromatic nitrogens is 1. The fourth-order valence-electron chi connectivity index (χ4n) is 3.50. The van der Waals surface area contributed by atoms with Gasteiger partial charge in [0.15, 0.2) is 17.4 Å². The second-order valence-electron chi connectivity index (χ2n) is 8.48. The average molecular weight is 469 g/mol. The summed E-state index contributed by atoms with van der Waals surface area (Å²) in [6.07, 6.45) is 5.65. The SMILES string of the molecule is C=C1C=NN(Cc2cc(-c3ccc(C#CC4CC4)cc3)no2)C=C1N=C(C)c1cccc(F)c1F. The molecule has 0 amide bonds. The summed E-state index contributed by atoms with van der Waals surface area (Å²) in [7, 11) is 0. The van der Waals surface area contributed by atoms with Gasteiger partial charge in [0.2, 0.25) is 0 Å². The van der Waals surface area contributed by atoms with Crippen molar-refractivity contribution >= 4 is 11.9 Å². The van der Waals surface area contributed by atoms with Crippen LogP contribution >= 0.6 is 0 Å². The van der Waals surface area contributed by atoms with Crippen LogP contribution in [0.1, 0.15) is 36.7 Å². The maximum atomic E-state index is 14.1. The van der Waals surface area contributed by atoms with E-state index in [9.17, 15) is 8.78 Å². The summed E-state index contributed by atoms with van der Waals surface area (Å²) in [4.78, 5) is 4.45. The molecule has 174 valence electrons. The molecule has 5 nitrogen and oxygen atoms in total. The fourth-order valence-corrected chi connectivity index (χ4v) is 3.50. The third-order valence-corrected chi connectivity index (χ3v) is 5.65. The number of allylic oxidation sites excluding steroid dienone is 1. The van der Waals surface area contributed by atoms with Crippen LogP contribution in [-0.2, 0) is 6.54 Å². The van der Waals surface area contributed by atoms with E-state index in [4.69, 9.17) is 4.52 Å². The molecular formula is C28H22F2N4O. The van der Waals surface area contributed by atoms with Crippen LogP contribution in [0.2, 0.25) is 0 Å². The van der Waals surface area contributed by atoms with Crippen molar-refractivity contribution in [2.45, 2.75) is 26.3 Å². The Morgan fingerprint density at radius 3 is 2.77 bits per heavy atom. The third-order valence-electron chi connectivity index (χ3n) is 5.65. The van der Waals surface area contributed by atoms with Crippen LogP contribution in [0, 0.1) is 29.4 Å². The summed E-state index contributed by atoms with van der Waals surface area (Å²) in [5.41, 5.74) is 4.10. The van der Waals surface area contributed by atoms with Gasteiger partial charge in [-0.1, -0.05) is 41.8 Å². The fraction of sp³-hybridized carbons (Fsp3) is 0.179. The zero-order valence-electron chi connectivity index (χ0n) is 19.1. The largest absolute Gasteiger partial charge is 0.359 e. The van der Waals surface area contributed by atoms with Crippen molar-refractivity contribution in [1.29, 1.82) is 0 Å². The summed E-state index contributed by atoms with van der Waals surface area (Å²) in [5.74, 6) is 5.78. The highest BCUT2D eigenvalue weighted by molar-refractivity contribution is 6.00. The van der Waals surface area contributed by atoms with E-state index in [0.717, 1.165) is 17.2 Å². The lowest BCUT2D eigenvalue weighted by Crippen LogP contribution is -2.15. The van der Waals surface area contributed by atoms with Gasteiger partial charge in [0.1, 0.15) is 12.2 Å². The molecule has 0 radical (unpaired) electrons. The number of hydrazone groups is 1. The second-order valence-corrected chi connectivity index (χ2v) is 8.48. The number of halogens is 2. The lowest BCUT2D eigenvalue weighted by atomic mass is 10.1. The number of hydrogen-bond donors (Lipinski definition) is 0. The predicted octanol–water partition coefficient (Wildman–Crippen LogP) is 6.09. The molecule has 0 unspecified atom stereocenters. The van der Waals surface area contributed by atoms with Gasteiger partial charge in [-0.3, -0.25) is 10.0 Å². The lowest BCUT2D eigenvalue weighted by molar-refractivity contribution is 0.305. The molecule has 1 aliphatic heterocycles. The van der Waals surface area contributed by atoms with Crippen molar-refractivity contribution in [2.75, 3.05) is 0 Å². The van der Waals surface area contributed by atoms with Crippen LogP contribution in [0.4, 0.5) is 8.78 Å². The van der Waals surface area contributed by atoms with E-state index >= 15 is 0 Å². The number of aliphatic imine (C=N–C) groups is 1. The van der Waals surface area contributed by atoms with Crippen LogP contribution in [0.25, 0.3) is 11.3 Å². The molecule has 1 aliphatic carbocycles. The van der Waals surface area contributed by atoms with E-state index in [0.29, 0.717) is 40.9 Å². The van der Waals surface area contributed by atoms with Gasteiger partial charge in [0.25, 0.3) is 0 Å². The highest BCUT2D eigenvalue weighted by Gasteiger charge is 2.18. The van der Waals surface area contributed by atoms with Crippen molar-refractivity contribution in [2.24, 2.45) is 16.0 Å². The predicted molar refractivity (Wildman–Crippen MR) is 131 cm³/mol. The standard InChI is InChI=1S/C28H22F2N4O/c1-18-15-31-34(17-27(18)32-19(2)24-4-3-5-25(29)28(24)30)16-23-14-26(33-35-23)22-12-10-21(11-13-22)9-8-20-6-7-20/h3-5,10-15,17,20H,1,6-7,16H2,2H3. The molecule has 3 aromatic rings. The molecule has 1 aromatic heterocycles. The Morgan fingerprint density at radius 2 is 2.00 bits per heavy atom. The highest BCUT2D eigenvalue weighted by atomic mass is 19.2. The Bertz CT molecular complexity index is 1430. The molecule has 2 aliphatic rings. The smallest absolute Gasteiger partial charge is 0.167 e. The highest BCUT2D eigenvalue weighted by Crippen LogP contribution is 2.28. The molecular weight excluding hydrogens is 446 g/mol. The van der Waals surface area contributed by atoms with Crippen molar-refractivity contribution in [3.63, 3.8) is 0 Å². The maximum Gasteiger partial charge on any atom is 0.167 e. The monoisotopic (exact) mass is 468 g/mol. The van der Waals surface area contributed by atoms with Gasteiger partial charge in [-0.05, 0) is 44.0 Å². The second kappa shape index (κ2) is 9.51. The lowest BCUT2D eigenvalue weighted by Gasteiger charge is -2.18. The minimum atomic E-state index is -0.932. The molecule has 5 rings (SSSR count). The zero-order valence-corrected chi connectivity index (χ0v) is 19.1. The van der Waals surface area contributed by atoms with Crippen molar-refractivity contribution in [3.8, 4) is 23.1 Å². The van der Waals surface area contributed by atoms with E-state index in [1.54, 1.807) is 24.3 Å². The minimum Gasteiger partial charge on any atom is -0.359 e. The molecule has 1 fully saturated rings. The van der Waals surface area contributed by atoms with Crippen molar-refractivity contribution in [1.82, 2.24) is 10.2 Å². The third kappa shape index (κ3) is 5.28. The van der Waals surface area contributed by atoms with Crippen molar-refractivity contribution < 1.29 is 13.3 Å². The van der Waals surface area contributed by atoms with E-state index < -0.39 is 11.6 Å². The van der Waals surface area contributed by atoms with Gasteiger partial charge < -0.3 is 4.52 Å². The Balaban J connectivity index is 1.30. The van der Waals surface area contributed by atoms with Crippen LogP contribution in [0.3, 0.4) is 0 Å². The van der Waals surface area contributed by atoms with Crippen LogP contribution in [-0.4, -0.2) is 22.1 Å². The first-order chi connectivity index (χ1) is 17.0. The Hall–Kier alpha value is -4.31. The first kappa shape index (κ1) is 22.5. The Labute approximate surface area is 202 Å². The average Bonchev–Trinajstić information content (AvgIpc) is 3.58. The summed E-state index contributed by atoms with van der Waals surface area (Å²) in [5, 5.41) is 10.1. The van der Waals surface area contributed by atoms with E-state index in [1.807, 2.05) is 30.3 Å². The van der Waals surface area contributed by atoms with Crippen LogP contribution in [0.15, 0.2) is 87.2 Å². The number of nitrogens with zero attached hydrogens (tertiary/aromatic N) is 4. The summed E-state index contributed by atoms with van der Waals surface area (Å²) >= 11 is 0. The first-order valence-corrected chi connectivity index (χ1v) is 11.3. The van der Waals surface area contributed by atoms with Gasteiger partial charge in [-0.2, -0.15) is 5.10 Å². The van der Waals surface area contributed by atoms with Gasteiger partial charge in [0, 0.05) is 40.0 Å². The van der Waals surface area contributed by atoms with Gasteiger partial charge in [0.05, 0.1) is 18.1 Å². The maximum absolute atomic E-state index is 14.1. The molecule has 35 heavy (non-hydrogen) atoms. The summed E-state index contributed by atoms with van der Waals surface area (Å²) in [6, 6.07) is 13.8. The number of rotatable bonds is 5. The molecule has 0 atom stereocenters. The summed E-state index contributed by atoms with van der Waals surface area (Å²) in [6.45, 7) is 5.87. The summed E-state index contributed by atoms with van der Waals surface area (Å²) < 4.78 is 33.2. The van der Waals surface area contributed by atoms with E-state index in [-0.39, 0.29) is 5.56 Å². The van der Waals surface area contributed by atoms with Gasteiger partial charge >= 0.3 is 0 Å². The quantitative estimate of drug-likeness (QED) is 0.336. The van der Waals surface area contributed by atoms with E-state index in [1.165, 1.54) is 25.0 Å². The molecule has 0 bridgehead atoms. The molecule has 7 heteroatoms. The van der Waals surface area contributed by atoms with Crippen molar-refractivity contribution in [3.05, 3.63) is 101 Å². The molecule has 1 saturated carbocycles. The normalized spacial score (nSPS) is 15.6. The Morgan fingerprint density at radius 1 is 1.20 bits per heavy atom. The van der Waals surface area contributed by atoms with Gasteiger partial charge in [-0.15, -0.1) is 0 Å². The molecule has 0 N–H and O–H groups in total. The Kier molecular flexibility index (Phi) is 6.11. The van der Waals surface area contributed by atoms with Crippen LogP contribution in [0.5, 0.6) is 0 Å². The van der Waals surface area contributed by atoms with E-state index in [2.05, 4.69) is 33.7 Å². The zero-order chi connectivity index (χ0) is 24.4. The molecule has 2 aromatic carbocycles. The minimum absolute atomic E-state index is 0.0946. The van der Waals surface area contributed by atoms with Crippen LogP contribution < -0.4 is 0 Å².